The Hall–Kier alpha value is -0.530. The topological polar surface area (TPSA) is 37.3 Å². The summed E-state index contributed by atoms with van der Waals surface area (Å²) in [6.45, 7) is 2.27. The molecule has 0 saturated carbocycles. The van der Waals surface area contributed by atoms with Gasteiger partial charge in [-0.05, 0) is 6.42 Å². The summed E-state index contributed by atoms with van der Waals surface area (Å²) in [7, 11) is 0. The molecule has 0 saturated heterocycles. The predicted octanol–water partition coefficient (Wildman–Crippen LogP) is 6.33. The van der Waals surface area contributed by atoms with E-state index in [0.29, 0.717) is 6.42 Å². The van der Waals surface area contributed by atoms with Gasteiger partial charge >= 0.3 is 5.97 Å². The second kappa shape index (κ2) is 16.5. The fraction of sp³-hybridized carbons (Fsp3) is 0.944. The van der Waals surface area contributed by atoms with Crippen LogP contribution in [0.5, 0.6) is 0 Å². The molecule has 0 aromatic rings. The Labute approximate surface area is 126 Å². The third-order valence-corrected chi connectivity index (χ3v) is 3.99. The molecule has 0 aromatic carbocycles. The van der Waals surface area contributed by atoms with Crippen molar-refractivity contribution in [1.29, 1.82) is 0 Å². The van der Waals surface area contributed by atoms with Crippen LogP contribution in [0.15, 0.2) is 0 Å². The van der Waals surface area contributed by atoms with Crippen LogP contribution in [0.3, 0.4) is 0 Å². The van der Waals surface area contributed by atoms with Crippen molar-refractivity contribution < 1.29 is 9.90 Å². The van der Waals surface area contributed by atoms with Gasteiger partial charge < -0.3 is 5.11 Å². The molecule has 0 aromatic heterocycles. The fourth-order valence-electron chi connectivity index (χ4n) is 2.65. The normalized spacial score (nSPS) is 10.8. The molecule has 2 nitrogen and oxygen atoms in total. The maximum atomic E-state index is 10.3. The van der Waals surface area contributed by atoms with Crippen LogP contribution in [0.4, 0.5) is 0 Å². The minimum atomic E-state index is -0.653. The minimum absolute atomic E-state index is 0.345. The number of aliphatic carboxylic acids is 1. The molecule has 0 radical (unpaired) electrons. The summed E-state index contributed by atoms with van der Waals surface area (Å²) >= 11 is 0. The van der Waals surface area contributed by atoms with E-state index in [1.165, 1.54) is 83.5 Å². The first-order valence-electron chi connectivity index (χ1n) is 8.99. The van der Waals surface area contributed by atoms with Gasteiger partial charge in [0.25, 0.3) is 0 Å². The molecule has 20 heavy (non-hydrogen) atoms. The minimum Gasteiger partial charge on any atom is -0.481 e. The average molecular weight is 285 g/mol. The van der Waals surface area contributed by atoms with E-state index in [2.05, 4.69) is 6.92 Å². The molecular formula is C18H36O2. The Balaban J connectivity index is 2.94. The van der Waals surface area contributed by atoms with Crippen LogP contribution in [0.1, 0.15) is 110 Å². The Morgan fingerprint density at radius 1 is 0.600 bits per heavy atom. The lowest BCUT2D eigenvalue weighted by Gasteiger charge is -2.03. The van der Waals surface area contributed by atoms with Crippen LogP contribution in [0, 0.1) is 0 Å². The molecule has 0 unspecified atom stereocenters. The largest absolute Gasteiger partial charge is 0.481 e. The summed E-state index contributed by atoms with van der Waals surface area (Å²) in [5, 5.41) is 8.52. The third kappa shape index (κ3) is 17.5. The second-order valence-electron chi connectivity index (χ2n) is 6.09. The number of carboxylic acids is 1. The summed E-state index contributed by atoms with van der Waals surface area (Å²) in [4.78, 5) is 10.3. The molecule has 0 amide bonds. The van der Waals surface area contributed by atoms with Gasteiger partial charge in [-0.25, -0.2) is 0 Å². The molecule has 2 heteroatoms. The molecule has 0 aliphatic heterocycles. The summed E-state index contributed by atoms with van der Waals surface area (Å²) in [5.41, 5.74) is 0. The van der Waals surface area contributed by atoms with Gasteiger partial charge in [0, 0.05) is 6.42 Å². The number of carboxylic acid groups (broad SMARTS) is 1. The fourth-order valence-corrected chi connectivity index (χ4v) is 2.65. The average Bonchev–Trinajstić information content (AvgIpc) is 2.43. The van der Waals surface area contributed by atoms with Crippen molar-refractivity contribution >= 4 is 5.97 Å². The van der Waals surface area contributed by atoms with E-state index in [1.807, 2.05) is 0 Å². The van der Waals surface area contributed by atoms with Crippen molar-refractivity contribution in [3.63, 3.8) is 0 Å². The third-order valence-electron chi connectivity index (χ3n) is 3.99. The summed E-state index contributed by atoms with van der Waals surface area (Å²) in [6, 6.07) is 0. The molecule has 0 rings (SSSR count). The maximum absolute atomic E-state index is 10.3. The van der Waals surface area contributed by atoms with Gasteiger partial charge in [-0.3, -0.25) is 4.79 Å². The van der Waals surface area contributed by atoms with Gasteiger partial charge in [-0.15, -0.1) is 0 Å². The molecular weight excluding hydrogens is 249 g/mol. The van der Waals surface area contributed by atoms with Crippen LogP contribution < -0.4 is 0 Å². The highest BCUT2D eigenvalue weighted by molar-refractivity contribution is 5.66. The molecule has 1 N–H and O–H groups in total. The highest BCUT2D eigenvalue weighted by Gasteiger charge is 1.97. The number of hydrogen-bond donors (Lipinski definition) is 1. The lowest BCUT2D eigenvalue weighted by molar-refractivity contribution is -0.137. The zero-order valence-electron chi connectivity index (χ0n) is 13.7. The van der Waals surface area contributed by atoms with Gasteiger partial charge in [0.2, 0.25) is 0 Å². The maximum Gasteiger partial charge on any atom is 0.303 e. The highest BCUT2D eigenvalue weighted by atomic mass is 16.4. The van der Waals surface area contributed by atoms with Crippen molar-refractivity contribution in [2.75, 3.05) is 0 Å². The molecule has 120 valence electrons. The van der Waals surface area contributed by atoms with Gasteiger partial charge in [-0.2, -0.15) is 0 Å². The number of unbranched alkanes of at least 4 members (excludes halogenated alkanes) is 14. The Bertz CT molecular complexity index is 202. The Kier molecular flexibility index (Phi) is 16.1. The Morgan fingerprint density at radius 3 is 1.20 bits per heavy atom. The standard InChI is InChI=1S/C18H36O2/c1-2-3-4-5-6-7-8-9-10-11-12-13-14-15-16-17-18(19)20/h2-17H2,1H3,(H,19,20)/i11+1. The molecule has 0 atom stereocenters. The number of carbonyl (C=O) groups is 1. The first-order chi connectivity index (χ1) is 9.77. The summed E-state index contributed by atoms with van der Waals surface area (Å²) in [6.07, 6.45) is 20.2. The van der Waals surface area contributed by atoms with Crippen molar-refractivity contribution in [3.8, 4) is 0 Å². The van der Waals surface area contributed by atoms with E-state index in [0.717, 1.165) is 12.8 Å². The lowest BCUT2D eigenvalue weighted by Crippen LogP contribution is -1.93. The SMILES string of the molecule is CCCCCCCCCC[13CH2]CCCCCCC(=O)O. The van der Waals surface area contributed by atoms with Crippen molar-refractivity contribution in [3.05, 3.63) is 0 Å². The van der Waals surface area contributed by atoms with E-state index in [1.54, 1.807) is 0 Å². The molecule has 0 bridgehead atoms. The van der Waals surface area contributed by atoms with Crippen molar-refractivity contribution in [1.82, 2.24) is 0 Å². The number of rotatable bonds is 16. The van der Waals surface area contributed by atoms with Gasteiger partial charge in [0.05, 0.1) is 0 Å². The molecule has 0 heterocycles. The van der Waals surface area contributed by atoms with Gasteiger partial charge in [0.15, 0.2) is 0 Å². The van der Waals surface area contributed by atoms with E-state index in [-0.39, 0.29) is 0 Å². The van der Waals surface area contributed by atoms with Crippen LogP contribution in [0.25, 0.3) is 0 Å². The Morgan fingerprint density at radius 2 is 0.900 bits per heavy atom. The molecule has 0 fully saturated rings. The quantitative estimate of drug-likeness (QED) is 0.265. The first kappa shape index (κ1) is 19.5. The van der Waals surface area contributed by atoms with E-state index >= 15 is 0 Å². The van der Waals surface area contributed by atoms with Gasteiger partial charge in [0.1, 0.15) is 0 Å². The molecule has 0 aliphatic carbocycles. The van der Waals surface area contributed by atoms with E-state index < -0.39 is 5.97 Å². The smallest absolute Gasteiger partial charge is 0.303 e. The molecule has 0 aliphatic rings. The van der Waals surface area contributed by atoms with Crippen LogP contribution >= 0.6 is 0 Å². The van der Waals surface area contributed by atoms with Crippen LogP contribution in [0.2, 0.25) is 0 Å². The first-order valence-corrected chi connectivity index (χ1v) is 8.99. The monoisotopic (exact) mass is 285 g/mol. The van der Waals surface area contributed by atoms with Crippen molar-refractivity contribution in [2.24, 2.45) is 0 Å². The van der Waals surface area contributed by atoms with E-state index in [9.17, 15) is 4.79 Å². The summed E-state index contributed by atoms with van der Waals surface area (Å²) in [5.74, 6) is -0.653. The van der Waals surface area contributed by atoms with Crippen LogP contribution in [-0.4, -0.2) is 11.1 Å². The highest BCUT2D eigenvalue weighted by Crippen LogP contribution is 2.13. The summed E-state index contributed by atoms with van der Waals surface area (Å²) < 4.78 is 0. The zero-order valence-corrected chi connectivity index (χ0v) is 13.7. The van der Waals surface area contributed by atoms with Crippen LogP contribution in [-0.2, 0) is 4.79 Å². The lowest BCUT2D eigenvalue weighted by atomic mass is 10.1. The number of hydrogen-bond acceptors (Lipinski definition) is 1. The molecule has 0 spiro atoms. The second-order valence-corrected chi connectivity index (χ2v) is 6.09. The van der Waals surface area contributed by atoms with Crippen molar-refractivity contribution in [2.45, 2.75) is 110 Å². The van der Waals surface area contributed by atoms with E-state index in [4.69, 9.17) is 5.11 Å². The zero-order chi connectivity index (χ0) is 14.9. The predicted molar refractivity (Wildman–Crippen MR) is 87.2 cm³/mol. The van der Waals surface area contributed by atoms with Gasteiger partial charge in [-0.1, -0.05) is 96.8 Å².